The van der Waals surface area contributed by atoms with Gasteiger partial charge in [0, 0.05) is 38.5 Å². The normalized spacial score (nSPS) is 22.1. The minimum absolute atomic E-state index is 0.391. The summed E-state index contributed by atoms with van der Waals surface area (Å²) in [6.07, 6.45) is 2.39. The Labute approximate surface area is 115 Å². The van der Waals surface area contributed by atoms with E-state index in [1.54, 1.807) is 12.1 Å². The van der Waals surface area contributed by atoms with Crippen molar-refractivity contribution in [1.82, 2.24) is 10.2 Å². The SMILES string of the molecule is CC1CCN(Cc2ccc(S(C)(=O)=O)cc2)CCN1. The van der Waals surface area contributed by atoms with Crippen LogP contribution in [0, 0.1) is 0 Å². The van der Waals surface area contributed by atoms with E-state index in [2.05, 4.69) is 17.1 Å². The maximum Gasteiger partial charge on any atom is 0.175 e. The van der Waals surface area contributed by atoms with Crippen LogP contribution < -0.4 is 5.32 Å². The first kappa shape index (κ1) is 14.5. The lowest BCUT2D eigenvalue weighted by Crippen LogP contribution is -2.28. The Kier molecular flexibility index (Phi) is 4.60. The van der Waals surface area contributed by atoms with E-state index < -0.39 is 9.84 Å². The maximum atomic E-state index is 11.4. The molecule has 0 bridgehead atoms. The molecular weight excluding hydrogens is 260 g/mol. The second-order valence-electron chi connectivity index (χ2n) is 5.34. The Morgan fingerprint density at radius 2 is 1.95 bits per heavy atom. The van der Waals surface area contributed by atoms with Gasteiger partial charge in [-0.05, 0) is 31.0 Å². The van der Waals surface area contributed by atoms with Crippen LogP contribution >= 0.6 is 0 Å². The van der Waals surface area contributed by atoms with Gasteiger partial charge in [0.2, 0.25) is 0 Å². The number of benzene rings is 1. The fraction of sp³-hybridized carbons (Fsp3) is 0.571. The standard InChI is InChI=1S/C14H22N2O2S/c1-12-7-9-16(10-8-15-12)11-13-3-5-14(6-4-13)19(2,17)18/h3-6,12,15H,7-11H2,1-2H3. The molecule has 106 valence electrons. The fourth-order valence-corrected chi connectivity index (χ4v) is 2.95. The summed E-state index contributed by atoms with van der Waals surface area (Å²) in [5, 5.41) is 3.47. The molecule has 0 spiro atoms. The Morgan fingerprint density at radius 1 is 1.26 bits per heavy atom. The lowest BCUT2D eigenvalue weighted by Gasteiger charge is -2.19. The van der Waals surface area contributed by atoms with E-state index in [1.165, 1.54) is 11.8 Å². The molecule has 1 atom stereocenters. The number of hydrogen-bond donors (Lipinski definition) is 1. The van der Waals surface area contributed by atoms with E-state index in [-0.39, 0.29) is 0 Å². The first-order valence-corrected chi connectivity index (χ1v) is 8.59. The van der Waals surface area contributed by atoms with Crippen LogP contribution in [0.5, 0.6) is 0 Å². The molecule has 19 heavy (non-hydrogen) atoms. The van der Waals surface area contributed by atoms with Crippen molar-refractivity contribution < 1.29 is 8.42 Å². The van der Waals surface area contributed by atoms with Crippen LogP contribution in [-0.4, -0.2) is 45.2 Å². The summed E-state index contributed by atoms with van der Waals surface area (Å²) in [5.74, 6) is 0. The van der Waals surface area contributed by atoms with Crippen molar-refractivity contribution in [3.63, 3.8) is 0 Å². The fourth-order valence-electron chi connectivity index (χ4n) is 2.32. The molecule has 0 amide bonds. The van der Waals surface area contributed by atoms with Gasteiger partial charge in [0.25, 0.3) is 0 Å². The van der Waals surface area contributed by atoms with Crippen molar-refractivity contribution in [2.75, 3.05) is 25.9 Å². The van der Waals surface area contributed by atoms with Crippen LogP contribution in [0.4, 0.5) is 0 Å². The number of nitrogens with zero attached hydrogens (tertiary/aromatic N) is 1. The second kappa shape index (κ2) is 6.03. The number of nitrogens with one attached hydrogen (secondary N) is 1. The predicted molar refractivity (Wildman–Crippen MR) is 76.9 cm³/mol. The molecule has 1 aliphatic heterocycles. The number of rotatable bonds is 3. The predicted octanol–water partition coefficient (Wildman–Crippen LogP) is 1.27. The summed E-state index contributed by atoms with van der Waals surface area (Å²) >= 11 is 0. The Balaban J connectivity index is 1.99. The van der Waals surface area contributed by atoms with Gasteiger partial charge in [0.05, 0.1) is 4.90 Å². The van der Waals surface area contributed by atoms with E-state index in [0.29, 0.717) is 10.9 Å². The first-order chi connectivity index (χ1) is 8.95. The van der Waals surface area contributed by atoms with Crippen LogP contribution in [0.15, 0.2) is 29.2 Å². The molecule has 1 heterocycles. The molecule has 0 radical (unpaired) electrons. The van der Waals surface area contributed by atoms with Crippen LogP contribution in [0.1, 0.15) is 18.9 Å². The van der Waals surface area contributed by atoms with Gasteiger partial charge >= 0.3 is 0 Å². The molecule has 1 aliphatic rings. The monoisotopic (exact) mass is 282 g/mol. The largest absolute Gasteiger partial charge is 0.313 e. The smallest absolute Gasteiger partial charge is 0.175 e. The summed E-state index contributed by atoms with van der Waals surface area (Å²) in [4.78, 5) is 2.80. The zero-order valence-corrected chi connectivity index (χ0v) is 12.4. The molecule has 1 aromatic carbocycles. The van der Waals surface area contributed by atoms with E-state index in [0.717, 1.165) is 32.6 Å². The Hall–Kier alpha value is -0.910. The van der Waals surface area contributed by atoms with Gasteiger partial charge in [0.15, 0.2) is 9.84 Å². The molecule has 0 aromatic heterocycles. The average Bonchev–Trinajstić information content (AvgIpc) is 2.54. The zero-order chi connectivity index (χ0) is 13.9. The Morgan fingerprint density at radius 3 is 2.58 bits per heavy atom. The highest BCUT2D eigenvalue weighted by Crippen LogP contribution is 2.13. The molecule has 1 aromatic rings. The van der Waals surface area contributed by atoms with Crippen LogP contribution in [-0.2, 0) is 16.4 Å². The molecule has 0 saturated carbocycles. The van der Waals surface area contributed by atoms with Crippen LogP contribution in [0.2, 0.25) is 0 Å². The third-order valence-electron chi connectivity index (χ3n) is 3.56. The maximum absolute atomic E-state index is 11.4. The van der Waals surface area contributed by atoms with Crippen molar-refractivity contribution >= 4 is 9.84 Å². The van der Waals surface area contributed by atoms with E-state index >= 15 is 0 Å². The van der Waals surface area contributed by atoms with Crippen molar-refractivity contribution in [1.29, 1.82) is 0 Å². The molecule has 0 aliphatic carbocycles. The van der Waals surface area contributed by atoms with Gasteiger partial charge in [-0.1, -0.05) is 12.1 Å². The molecule has 1 N–H and O–H groups in total. The molecule has 1 fully saturated rings. The summed E-state index contributed by atoms with van der Waals surface area (Å²) in [7, 11) is -3.09. The minimum atomic E-state index is -3.09. The van der Waals surface area contributed by atoms with Gasteiger partial charge in [-0.15, -0.1) is 0 Å². The average molecular weight is 282 g/mol. The van der Waals surface area contributed by atoms with Crippen molar-refractivity contribution in [2.45, 2.75) is 30.8 Å². The summed E-state index contributed by atoms with van der Waals surface area (Å²) in [5.41, 5.74) is 1.17. The van der Waals surface area contributed by atoms with Gasteiger partial charge in [0.1, 0.15) is 0 Å². The van der Waals surface area contributed by atoms with Crippen LogP contribution in [0.25, 0.3) is 0 Å². The quantitative estimate of drug-likeness (QED) is 0.907. The highest BCUT2D eigenvalue weighted by atomic mass is 32.2. The highest BCUT2D eigenvalue weighted by Gasteiger charge is 2.13. The van der Waals surface area contributed by atoms with Gasteiger partial charge in [-0.3, -0.25) is 4.90 Å². The first-order valence-electron chi connectivity index (χ1n) is 6.70. The lowest BCUT2D eigenvalue weighted by atomic mass is 10.2. The van der Waals surface area contributed by atoms with Gasteiger partial charge < -0.3 is 5.32 Å². The Bertz CT molecular complexity index is 511. The summed E-state index contributed by atoms with van der Waals surface area (Å²) in [6, 6.07) is 7.81. The van der Waals surface area contributed by atoms with E-state index in [9.17, 15) is 8.42 Å². The van der Waals surface area contributed by atoms with Gasteiger partial charge in [-0.2, -0.15) is 0 Å². The third kappa shape index (κ3) is 4.30. The number of hydrogen-bond acceptors (Lipinski definition) is 4. The van der Waals surface area contributed by atoms with Crippen molar-refractivity contribution in [2.24, 2.45) is 0 Å². The molecule has 1 unspecified atom stereocenters. The van der Waals surface area contributed by atoms with Gasteiger partial charge in [-0.25, -0.2) is 8.42 Å². The molecular formula is C14H22N2O2S. The molecule has 1 saturated heterocycles. The second-order valence-corrected chi connectivity index (χ2v) is 7.35. The third-order valence-corrected chi connectivity index (χ3v) is 4.69. The number of sulfone groups is 1. The van der Waals surface area contributed by atoms with Crippen LogP contribution in [0.3, 0.4) is 0 Å². The van der Waals surface area contributed by atoms with E-state index in [1.807, 2.05) is 12.1 Å². The summed E-state index contributed by atoms with van der Waals surface area (Å²) < 4.78 is 22.8. The molecule has 2 rings (SSSR count). The lowest BCUT2D eigenvalue weighted by molar-refractivity contribution is 0.282. The summed E-state index contributed by atoms with van der Waals surface area (Å²) in [6.45, 7) is 6.24. The zero-order valence-electron chi connectivity index (χ0n) is 11.6. The highest BCUT2D eigenvalue weighted by molar-refractivity contribution is 7.90. The molecule has 4 nitrogen and oxygen atoms in total. The molecule has 5 heteroatoms. The van der Waals surface area contributed by atoms with Crippen molar-refractivity contribution in [3.05, 3.63) is 29.8 Å². The minimum Gasteiger partial charge on any atom is -0.313 e. The van der Waals surface area contributed by atoms with E-state index in [4.69, 9.17) is 0 Å². The topological polar surface area (TPSA) is 49.4 Å². The van der Waals surface area contributed by atoms with Crippen molar-refractivity contribution in [3.8, 4) is 0 Å².